The van der Waals surface area contributed by atoms with E-state index in [9.17, 15) is 4.79 Å². The molecule has 70 valence electrons. The molecular formula is C9H12N2OS. The second-order valence-electron chi connectivity index (χ2n) is 3.09. The zero-order valence-corrected chi connectivity index (χ0v) is 8.06. The summed E-state index contributed by atoms with van der Waals surface area (Å²) in [6.07, 6.45) is 1.01. The molecule has 1 aliphatic rings. The van der Waals surface area contributed by atoms with Gasteiger partial charge < -0.3 is 10.6 Å². The first kappa shape index (κ1) is 8.72. The summed E-state index contributed by atoms with van der Waals surface area (Å²) < 4.78 is 0. The Bertz CT molecular complexity index is 284. The van der Waals surface area contributed by atoms with Crippen LogP contribution < -0.4 is 10.6 Å². The van der Waals surface area contributed by atoms with Crippen LogP contribution in [0.25, 0.3) is 0 Å². The Morgan fingerprint density at radius 3 is 3.15 bits per heavy atom. The van der Waals surface area contributed by atoms with Crippen LogP contribution in [0.4, 0.5) is 0 Å². The maximum atomic E-state index is 11.5. The third-order valence-electron chi connectivity index (χ3n) is 2.14. The molecule has 0 bridgehead atoms. The summed E-state index contributed by atoms with van der Waals surface area (Å²) in [5.74, 6) is 0.0934. The standard InChI is InChI=1S/C9H12N2OS/c12-9-8(7-2-5-13-6-7)10-3-1-4-11-9/h2,5-6,8,10H,1,3-4H2,(H,11,12). The van der Waals surface area contributed by atoms with Crippen LogP contribution in [0.3, 0.4) is 0 Å². The normalized spacial score (nSPS) is 23.7. The van der Waals surface area contributed by atoms with Crippen molar-refractivity contribution < 1.29 is 4.79 Å². The van der Waals surface area contributed by atoms with E-state index in [1.807, 2.05) is 16.8 Å². The molecule has 4 heteroatoms. The Balaban J connectivity index is 2.16. The number of thiophene rings is 1. The van der Waals surface area contributed by atoms with Gasteiger partial charge in [-0.25, -0.2) is 0 Å². The number of carbonyl (C=O) groups excluding carboxylic acids is 1. The van der Waals surface area contributed by atoms with Gasteiger partial charge in [-0.2, -0.15) is 11.3 Å². The number of rotatable bonds is 1. The van der Waals surface area contributed by atoms with Crippen LogP contribution in [-0.4, -0.2) is 19.0 Å². The van der Waals surface area contributed by atoms with Crippen molar-refractivity contribution in [3.8, 4) is 0 Å². The first-order valence-electron chi connectivity index (χ1n) is 4.41. The Kier molecular flexibility index (Phi) is 2.61. The predicted molar refractivity (Wildman–Crippen MR) is 52.7 cm³/mol. The van der Waals surface area contributed by atoms with E-state index in [1.165, 1.54) is 0 Å². The molecule has 3 nitrogen and oxygen atoms in total. The van der Waals surface area contributed by atoms with Gasteiger partial charge in [-0.3, -0.25) is 4.79 Å². The third kappa shape index (κ3) is 1.89. The molecule has 13 heavy (non-hydrogen) atoms. The number of nitrogens with one attached hydrogen (secondary N) is 2. The van der Waals surface area contributed by atoms with Gasteiger partial charge in [0.1, 0.15) is 6.04 Å². The van der Waals surface area contributed by atoms with Gasteiger partial charge in [0.05, 0.1) is 0 Å². The van der Waals surface area contributed by atoms with Crippen LogP contribution in [0, 0.1) is 0 Å². The molecule has 2 heterocycles. The highest BCUT2D eigenvalue weighted by atomic mass is 32.1. The zero-order chi connectivity index (χ0) is 9.10. The topological polar surface area (TPSA) is 41.1 Å². The minimum absolute atomic E-state index is 0.0934. The van der Waals surface area contributed by atoms with Crippen molar-refractivity contribution in [2.45, 2.75) is 12.5 Å². The zero-order valence-electron chi connectivity index (χ0n) is 7.25. The van der Waals surface area contributed by atoms with Crippen molar-refractivity contribution in [1.82, 2.24) is 10.6 Å². The molecule has 1 aromatic heterocycles. The van der Waals surface area contributed by atoms with Gasteiger partial charge in [0, 0.05) is 6.54 Å². The van der Waals surface area contributed by atoms with Crippen LogP contribution in [0.5, 0.6) is 0 Å². The summed E-state index contributed by atoms with van der Waals surface area (Å²) in [4.78, 5) is 11.5. The van der Waals surface area contributed by atoms with E-state index < -0.39 is 0 Å². The Hall–Kier alpha value is -0.870. The second kappa shape index (κ2) is 3.89. The first-order chi connectivity index (χ1) is 6.38. The fraction of sp³-hybridized carbons (Fsp3) is 0.444. The van der Waals surface area contributed by atoms with E-state index >= 15 is 0 Å². The van der Waals surface area contributed by atoms with Gasteiger partial charge >= 0.3 is 0 Å². The van der Waals surface area contributed by atoms with E-state index in [0.29, 0.717) is 0 Å². The molecule has 0 spiro atoms. The maximum Gasteiger partial charge on any atom is 0.241 e. The smallest absolute Gasteiger partial charge is 0.241 e. The fourth-order valence-electron chi connectivity index (χ4n) is 1.45. The summed E-state index contributed by atoms with van der Waals surface area (Å²) in [6, 6.07) is 1.85. The molecule has 0 saturated carbocycles. The molecule has 0 aromatic carbocycles. The van der Waals surface area contributed by atoms with Crippen molar-refractivity contribution in [2.24, 2.45) is 0 Å². The number of hydrogen-bond acceptors (Lipinski definition) is 3. The molecule has 0 aliphatic carbocycles. The molecule has 2 rings (SSSR count). The number of amides is 1. The Morgan fingerprint density at radius 1 is 1.46 bits per heavy atom. The monoisotopic (exact) mass is 196 g/mol. The molecule has 1 aliphatic heterocycles. The lowest BCUT2D eigenvalue weighted by Crippen LogP contribution is -2.33. The molecule has 1 unspecified atom stereocenters. The molecule has 1 aromatic rings. The molecule has 1 fully saturated rings. The molecule has 2 N–H and O–H groups in total. The van der Waals surface area contributed by atoms with Gasteiger partial charge in [-0.05, 0) is 35.4 Å². The largest absolute Gasteiger partial charge is 0.354 e. The van der Waals surface area contributed by atoms with Crippen LogP contribution in [-0.2, 0) is 4.79 Å². The highest BCUT2D eigenvalue weighted by Gasteiger charge is 2.21. The minimum atomic E-state index is -0.145. The van der Waals surface area contributed by atoms with Gasteiger partial charge in [0.15, 0.2) is 0 Å². The Morgan fingerprint density at radius 2 is 2.38 bits per heavy atom. The van der Waals surface area contributed by atoms with E-state index in [1.54, 1.807) is 11.3 Å². The van der Waals surface area contributed by atoms with Crippen molar-refractivity contribution >= 4 is 17.2 Å². The van der Waals surface area contributed by atoms with E-state index in [-0.39, 0.29) is 11.9 Å². The maximum absolute atomic E-state index is 11.5. The highest BCUT2D eigenvalue weighted by molar-refractivity contribution is 7.08. The lowest BCUT2D eigenvalue weighted by molar-refractivity contribution is -0.122. The molecule has 1 atom stereocenters. The number of carbonyl (C=O) groups is 1. The van der Waals surface area contributed by atoms with Crippen molar-refractivity contribution in [3.05, 3.63) is 22.4 Å². The van der Waals surface area contributed by atoms with Crippen LogP contribution in [0.2, 0.25) is 0 Å². The van der Waals surface area contributed by atoms with E-state index in [2.05, 4.69) is 10.6 Å². The second-order valence-corrected chi connectivity index (χ2v) is 3.87. The molecule has 1 amide bonds. The van der Waals surface area contributed by atoms with Gasteiger partial charge in [-0.15, -0.1) is 0 Å². The van der Waals surface area contributed by atoms with Crippen LogP contribution >= 0.6 is 11.3 Å². The fourth-order valence-corrected chi connectivity index (χ4v) is 2.14. The van der Waals surface area contributed by atoms with Gasteiger partial charge in [0.25, 0.3) is 0 Å². The van der Waals surface area contributed by atoms with Gasteiger partial charge in [0.2, 0.25) is 5.91 Å². The van der Waals surface area contributed by atoms with E-state index in [0.717, 1.165) is 25.1 Å². The summed E-state index contributed by atoms with van der Waals surface area (Å²) in [6.45, 7) is 1.69. The van der Waals surface area contributed by atoms with Crippen LogP contribution in [0.1, 0.15) is 18.0 Å². The lowest BCUT2D eigenvalue weighted by atomic mass is 10.1. The summed E-state index contributed by atoms with van der Waals surface area (Å²) in [5.41, 5.74) is 1.07. The highest BCUT2D eigenvalue weighted by Crippen LogP contribution is 2.17. The summed E-state index contributed by atoms with van der Waals surface area (Å²) in [5, 5.41) is 10.1. The predicted octanol–water partition coefficient (Wildman–Crippen LogP) is 0.899. The van der Waals surface area contributed by atoms with Gasteiger partial charge in [-0.1, -0.05) is 0 Å². The quantitative estimate of drug-likeness (QED) is 0.700. The average Bonchev–Trinajstić information content (AvgIpc) is 2.56. The first-order valence-corrected chi connectivity index (χ1v) is 5.35. The van der Waals surface area contributed by atoms with Crippen molar-refractivity contribution in [2.75, 3.05) is 13.1 Å². The van der Waals surface area contributed by atoms with Crippen LogP contribution in [0.15, 0.2) is 16.8 Å². The number of hydrogen-bond donors (Lipinski definition) is 2. The molecular weight excluding hydrogens is 184 g/mol. The molecule has 1 saturated heterocycles. The SMILES string of the molecule is O=C1NCCCNC1c1ccsc1. The summed E-state index contributed by atoms with van der Waals surface area (Å²) in [7, 11) is 0. The average molecular weight is 196 g/mol. The summed E-state index contributed by atoms with van der Waals surface area (Å²) >= 11 is 1.62. The molecule has 0 radical (unpaired) electrons. The minimum Gasteiger partial charge on any atom is -0.354 e. The van der Waals surface area contributed by atoms with E-state index in [4.69, 9.17) is 0 Å². The lowest BCUT2D eigenvalue weighted by Gasteiger charge is -2.12. The van der Waals surface area contributed by atoms with Crippen molar-refractivity contribution in [1.29, 1.82) is 0 Å². The third-order valence-corrected chi connectivity index (χ3v) is 2.84. The van der Waals surface area contributed by atoms with Crippen molar-refractivity contribution in [3.63, 3.8) is 0 Å². The Labute approximate surface area is 81.2 Å².